The van der Waals surface area contributed by atoms with Gasteiger partial charge in [0.2, 0.25) is 0 Å². The number of carbonyl (C=O) groups is 1. The Labute approximate surface area is 186 Å². The van der Waals surface area contributed by atoms with Crippen molar-refractivity contribution >= 4 is 31.3 Å². The quantitative estimate of drug-likeness (QED) is 0.579. The van der Waals surface area contributed by atoms with E-state index in [1.807, 2.05) is 66.7 Å². The average molecular weight is 435 g/mol. The normalized spacial score (nSPS) is 24.8. The van der Waals surface area contributed by atoms with Crippen LogP contribution in [0.4, 0.5) is 4.79 Å². The van der Waals surface area contributed by atoms with Gasteiger partial charge >= 0.3 is 13.2 Å². The highest BCUT2D eigenvalue weighted by atomic mass is 32.1. The van der Waals surface area contributed by atoms with E-state index in [1.54, 1.807) is 11.9 Å². The van der Waals surface area contributed by atoms with Crippen LogP contribution in [0.5, 0.6) is 5.75 Å². The third-order valence-electron chi connectivity index (χ3n) is 6.02. The number of hydrogen-bond donors (Lipinski definition) is 1. The molecule has 0 bridgehead atoms. The van der Waals surface area contributed by atoms with Crippen molar-refractivity contribution in [2.24, 2.45) is 0 Å². The van der Waals surface area contributed by atoms with Crippen molar-refractivity contribution in [3.8, 4) is 5.75 Å². The van der Waals surface area contributed by atoms with Crippen LogP contribution in [0, 0.1) is 0 Å². The number of fused-ring (bicyclic) bond motifs is 1. The van der Waals surface area contributed by atoms with E-state index in [9.17, 15) is 4.79 Å². The number of nitrogens with zero attached hydrogens (tertiary/aromatic N) is 1. The Morgan fingerprint density at radius 1 is 1.20 bits per heavy atom. The zero-order valence-electron chi connectivity index (χ0n) is 19.4. The fourth-order valence-electron chi connectivity index (χ4n) is 3.66. The third-order valence-corrected chi connectivity index (χ3v) is 6.63. The Balaban J connectivity index is 1.88. The van der Waals surface area contributed by atoms with Gasteiger partial charge in [0.25, 0.3) is 0 Å². The van der Waals surface area contributed by atoms with Gasteiger partial charge in [-0.1, -0.05) is 18.2 Å². The van der Waals surface area contributed by atoms with Gasteiger partial charge < -0.3 is 23.7 Å². The molecule has 1 aromatic rings. The molecule has 8 heteroatoms. The van der Waals surface area contributed by atoms with Crippen molar-refractivity contribution in [1.29, 1.82) is 0 Å². The predicted octanol–water partition coefficient (Wildman–Crippen LogP) is 3.76. The van der Waals surface area contributed by atoms with Crippen molar-refractivity contribution in [3.63, 3.8) is 0 Å². The van der Waals surface area contributed by atoms with Crippen molar-refractivity contribution in [2.75, 3.05) is 20.2 Å². The first-order valence-corrected chi connectivity index (χ1v) is 10.9. The van der Waals surface area contributed by atoms with Crippen LogP contribution in [-0.2, 0) is 18.8 Å². The summed E-state index contributed by atoms with van der Waals surface area (Å²) in [6.45, 7) is 14.6. The van der Waals surface area contributed by atoms with E-state index >= 15 is 0 Å². The van der Waals surface area contributed by atoms with Crippen LogP contribution < -0.4 is 10.2 Å². The first-order valence-electron chi connectivity index (χ1n) is 10.4. The van der Waals surface area contributed by atoms with Crippen molar-refractivity contribution in [2.45, 2.75) is 76.4 Å². The van der Waals surface area contributed by atoms with E-state index in [0.29, 0.717) is 19.6 Å². The standard InChI is InChI=1S/C22H34BNO5S/c1-19(2,3)27-18(25)24(8)14-22(30)12-13-26-17-15(22)10-9-11-16(17)23-28-20(4,5)21(6,7)29-23/h9-11,30H,12-14H2,1-8H3/t22-/m0/s1. The maximum atomic E-state index is 12.5. The summed E-state index contributed by atoms with van der Waals surface area (Å²) >= 11 is 5.02. The maximum Gasteiger partial charge on any atom is 0.498 e. The van der Waals surface area contributed by atoms with Gasteiger partial charge in [-0.05, 0) is 48.5 Å². The Morgan fingerprint density at radius 2 is 1.80 bits per heavy atom. The van der Waals surface area contributed by atoms with E-state index in [4.69, 9.17) is 31.4 Å². The minimum atomic E-state index is -0.571. The molecule has 2 heterocycles. The summed E-state index contributed by atoms with van der Waals surface area (Å²) in [5.74, 6) is 0.731. The van der Waals surface area contributed by atoms with Crippen LogP contribution in [0.3, 0.4) is 0 Å². The van der Waals surface area contributed by atoms with Crippen molar-refractivity contribution in [3.05, 3.63) is 23.8 Å². The number of para-hydroxylation sites is 1. The molecular weight excluding hydrogens is 401 g/mol. The minimum Gasteiger partial charge on any atom is -0.494 e. The van der Waals surface area contributed by atoms with Gasteiger partial charge in [0, 0.05) is 31.0 Å². The second kappa shape index (κ2) is 7.64. The smallest absolute Gasteiger partial charge is 0.494 e. The zero-order chi connectivity index (χ0) is 22.5. The Hall–Kier alpha value is -1.38. The summed E-state index contributed by atoms with van der Waals surface area (Å²) < 4.78 is 23.5. The number of amides is 1. The monoisotopic (exact) mass is 435 g/mol. The van der Waals surface area contributed by atoms with Crippen molar-refractivity contribution < 1.29 is 23.6 Å². The van der Waals surface area contributed by atoms with Crippen LogP contribution in [0.25, 0.3) is 0 Å². The van der Waals surface area contributed by atoms with Gasteiger partial charge in [0.1, 0.15) is 11.4 Å². The van der Waals surface area contributed by atoms with Crippen molar-refractivity contribution in [1.82, 2.24) is 4.90 Å². The highest BCUT2D eigenvalue weighted by molar-refractivity contribution is 7.81. The molecule has 3 rings (SSSR count). The minimum absolute atomic E-state index is 0.369. The molecule has 1 atom stereocenters. The van der Waals surface area contributed by atoms with Crippen LogP contribution in [0.1, 0.15) is 60.5 Å². The molecule has 1 amide bonds. The highest BCUT2D eigenvalue weighted by Crippen LogP contribution is 2.43. The molecule has 6 nitrogen and oxygen atoms in total. The predicted molar refractivity (Wildman–Crippen MR) is 122 cm³/mol. The maximum absolute atomic E-state index is 12.5. The number of hydrogen-bond acceptors (Lipinski definition) is 6. The number of likely N-dealkylation sites (N-methyl/N-ethyl adjacent to an activating group) is 1. The second-order valence-corrected chi connectivity index (χ2v) is 11.1. The zero-order valence-corrected chi connectivity index (χ0v) is 20.3. The summed E-state index contributed by atoms with van der Waals surface area (Å²) in [6, 6.07) is 5.93. The lowest BCUT2D eigenvalue weighted by molar-refractivity contribution is 0.00578. The second-order valence-electron chi connectivity index (χ2n) is 10.3. The van der Waals surface area contributed by atoms with E-state index in [0.717, 1.165) is 16.8 Å². The average Bonchev–Trinajstić information content (AvgIpc) is 2.80. The molecule has 2 aliphatic rings. The summed E-state index contributed by atoms with van der Waals surface area (Å²) in [5, 5.41) is 0. The number of rotatable bonds is 3. The molecule has 1 aromatic carbocycles. The molecular formula is C22H34BNO5S. The lowest BCUT2D eigenvalue weighted by atomic mass is 9.75. The summed E-state index contributed by atoms with van der Waals surface area (Å²) in [5.41, 5.74) is 0.352. The molecule has 166 valence electrons. The fraction of sp³-hybridized carbons (Fsp3) is 0.682. The lowest BCUT2D eigenvalue weighted by Crippen LogP contribution is -2.45. The van der Waals surface area contributed by atoms with E-state index in [-0.39, 0.29) is 6.09 Å². The Morgan fingerprint density at radius 3 is 2.37 bits per heavy atom. The van der Waals surface area contributed by atoms with Gasteiger partial charge in [0.05, 0.1) is 22.6 Å². The molecule has 0 saturated carbocycles. The van der Waals surface area contributed by atoms with Gasteiger partial charge in [-0.2, -0.15) is 12.6 Å². The number of carbonyl (C=O) groups excluding carboxylic acids is 1. The Kier molecular flexibility index (Phi) is 5.93. The van der Waals surface area contributed by atoms with Gasteiger partial charge in [-0.3, -0.25) is 0 Å². The molecule has 0 aliphatic carbocycles. The third kappa shape index (κ3) is 4.46. The molecule has 1 saturated heterocycles. The van der Waals surface area contributed by atoms with Crippen LogP contribution >= 0.6 is 12.6 Å². The summed E-state index contributed by atoms with van der Waals surface area (Å²) in [7, 11) is 1.21. The van der Waals surface area contributed by atoms with Crippen LogP contribution in [-0.4, -0.2) is 55.1 Å². The summed E-state index contributed by atoms with van der Waals surface area (Å²) in [6.07, 6.45) is 0.300. The van der Waals surface area contributed by atoms with Gasteiger partial charge in [-0.25, -0.2) is 4.79 Å². The van der Waals surface area contributed by atoms with E-state index < -0.39 is 28.7 Å². The molecule has 1 fully saturated rings. The highest BCUT2D eigenvalue weighted by Gasteiger charge is 2.53. The molecule has 0 aromatic heterocycles. The molecule has 0 unspecified atom stereocenters. The molecule has 0 radical (unpaired) electrons. The number of benzene rings is 1. The van der Waals surface area contributed by atoms with E-state index in [2.05, 4.69) is 0 Å². The van der Waals surface area contributed by atoms with Gasteiger partial charge in [-0.15, -0.1) is 0 Å². The number of thiol groups is 1. The van der Waals surface area contributed by atoms with Crippen LogP contribution in [0.2, 0.25) is 0 Å². The molecule has 2 aliphatic heterocycles. The molecule has 0 N–H and O–H groups in total. The Bertz CT molecular complexity index is 806. The summed E-state index contributed by atoms with van der Waals surface area (Å²) in [4.78, 5) is 14.1. The number of ether oxygens (including phenoxy) is 2. The molecule has 30 heavy (non-hydrogen) atoms. The molecule has 0 spiro atoms. The van der Waals surface area contributed by atoms with Gasteiger partial charge in [0.15, 0.2) is 0 Å². The SMILES string of the molecule is CN(C[C@@]1(S)CCOc2c(B3OC(C)(C)C(C)(C)O3)cccc21)C(=O)OC(C)(C)C. The first-order chi connectivity index (χ1) is 13.7. The lowest BCUT2D eigenvalue weighted by Gasteiger charge is -2.38. The van der Waals surface area contributed by atoms with Crippen LogP contribution in [0.15, 0.2) is 18.2 Å². The largest absolute Gasteiger partial charge is 0.498 e. The fourth-order valence-corrected chi connectivity index (χ4v) is 4.14. The van der Waals surface area contributed by atoms with E-state index in [1.165, 1.54) is 0 Å². The topological polar surface area (TPSA) is 57.2 Å². The first kappa shape index (κ1) is 23.3.